The van der Waals surface area contributed by atoms with Crippen LogP contribution in [0.4, 0.5) is 5.69 Å². The van der Waals surface area contributed by atoms with E-state index in [9.17, 15) is 14.4 Å². The summed E-state index contributed by atoms with van der Waals surface area (Å²) < 4.78 is 10.8. The zero-order valence-electron chi connectivity index (χ0n) is 15.4. The van der Waals surface area contributed by atoms with Gasteiger partial charge in [-0.3, -0.25) is 14.5 Å². The van der Waals surface area contributed by atoms with Crippen LogP contribution in [0, 0.1) is 13.8 Å². The van der Waals surface area contributed by atoms with Gasteiger partial charge in [-0.1, -0.05) is 6.07 Å². The molecule has 0 radical (unpaired) electrons. The molecule has 0 aliphatic carbocycles. The van der Waals surface area contributed by atoms with Crippen molar-refractivity contribution >= 4 is 23.5 Å². The lowest BCUT2D eigenvalue weighted by molar-refractivity contribution is -0.121. The van der Waals surface area contributed by atoms with Crippen LogP contribution in [0.3, 0.4) is 0 Å². The summed E-state index contributed by atoms with van der Waals surface area (Å²) in [4.78, 5) is 36.7. The Hall–Kier alpha value is -3.15. The normalized spacial score (nSPS) is 13.8. The second kappa shape index (κ2) is 8.03. The lowest BCUT2D eigenvalue weighted by Crippen LogP contribution is -2.28. The fourth-order valence-electron chi connectivity index (χ4n) is 3.00. The monoisotopic (exact) mass is 367 g/mol. The Morgan fingerprint density at radius 2 is 1.52 bits per heavy atom. The minimum Gasteiger partial charge on any atom is -0.490 e. The smallest absolute Gasteiger partial charge is 0.338 e. The largest absolute Gasteiger partial charge is 0.490 e. The van der Waals surface area contributed by atoms with Crippen molar-refractivity contribution < 1.29 is 23.9 Å². The summed E-state index contributed by atoms with van der Waals surface area (Å²) in [5, 5.41) is 0. The number of amides is 2. The number of hydrogen-bond donors (Lipinski definition) is 0. The molecular weight excluding hydrogens is 346 g/mol. The summed E-state index contributed by atoms with van der Waals surface area (Å²) in [5.74, 6) is -0.185. The van der Waals surface area contributed by atoms with E-state index in [2.05, 4.69) is 6.07 Å². The molecule has 140 valence electrons. The van der Waals surface area contributed by atoms with Gasteiger partial charge in [-0.2, -0.15) is 0 Å². The number of imide groups is 1. The number of ether oxygens (including phenoxy) is 2. The summed E-state index contributed by atoms with van der Waals surface area (Å²) in [5.41, 5.74) is 3.04. The average molecular weight is 367 g/mol. The highest BCUT2D eigenvalue weighted by Crippen LogP contribution is 2.23. The number of hydrogen-bond acceptors (Lipinski definition) is 5. The molecule has 0 saturated carbocycles. The Morgan fingerprint density at radius 1 is 0.926 bits per heavy atom. The molecule has 1 heterocycles. The highest BCUT2D eigenvalue weighted by molar-refractivity contribution is 6.19. The fourth-order valence-corrected chi connectivity index (χ4v) is 3.00. The van der Waals surface area contributed by atoms with E-state index in [0.29, 0.717) is 11.3 Å². The predicted molar refractivity (Wildman–Crippen MR) is 99.9 cm³/mol. The highest BCUT2D eigenvalue weighted by Gasteiger charge is 2.30. The molecule has 0 spiro atoms. The molecule has 3 rings (SSSR count). The van der Waals surface area contributed by atoms with Gasteiger partial charge in [-0.15, -0.1) is 0 Å². The fraction of sp³-hybridized carbons (Fsp3) is 0.286. The Morgan fingerprint density at radius 3 is 2.11 bits per heavy atom. The third kappa shape index (κ3) is 4.53. The van der Waals surface area contributed by atoms with Crippen molar-refractivity contribution in [2.75, 3.05) is 18.1 Å². The number of carbonyl (C=O) groups is 3. The van der Waals surface area contributed by atoms with Crippen molar-refractivity contribution in [2.45, 2.75) is 26.7 Å². The first kappa shape index (κ1) is 18.6. The van der Waals surface area contributed by atoms with Crippen molar-refractivity contribution in [3.63, 3.8) is 0 Å². The van der Waals surface area contributed by atoms with Crippen LogP contribution in [0.1, 0.15) is 34.3 Å². The molecule has 2 amide bonds. The van der Waals surface area contributed by atoms with E-state index in [-0.39, 0.29) is 37.9 Å². The molecule has 1 aliphatic heterocycles. The van der Waals surface area contributed by atoms with Gasteiger partial charge in [0.1, 0.15) is 19.0 Å². The molecule has 0 aromatic heterocycles. The maximum atomic E-state index is 12.1. The van der Waals surface area contributed by atoms with Gasteiger partial charge in [0.25, 0.3) is 0 Å². The van der Waals surface area contributed by atoms with Gasteiger partial charge in [0.05, 0.1) is 11.3 Å². The molecular formula is C21H21NO5. The van der Waals surface area contributed by atoms with Crippen LogP contribution in [0.5, 0.6) is 5.75 Å². The maximum Gasteiger partial charge on any atom is 0.338 e. The van der Waals surface area contributed by atoms with Gasteiger partial charge in [-0.05, 0) is 61.4 Å². The molecule has 27 heavy (non-hydrogen) atoms. The van der Waals surface area contributed by atoms with Crippen molar-refractivity contribution in [2.24, 2.45) is 0 Å². The molecule has 0 N–H and O–H groups in total. The number of rotatable bonds is 6. The van der Waals surface area contributed by atoms with Crippen LogP contribution in [0.15, 0.2) is 42.5 Å². The number of carbonyl (C=O) groups excluding carboxylic acids is 3. The van der Waals surface area contributed by atoms with Crippen molar-refractivity contribution in [1.29, 1.82) is 0 Å². The number of benzene rings is 2. The Labute approximate surface area is 157 Å². The van der Waals surface area contributed by atoms with E-state index in [4.69, 9.17) is 9.47 Å². The number of aryl methyl sites for hydroxylation is 2. The van der Waals surface area contributed by atoms with Crippen molar-refractivity contribution in [1.82, 2.24) is 0 Å². The highest BCUT2D eigenvalue weighted by atomic mass is 16.6. The number of nitrogens with zero attached hydrogens (tertiary/aromatic N) is 1. The van der Waals surface area contributed by atoms with Crippen LogP contribution in [-0.2, 0) is 14.3 Å². The molecule has 1 saturated heterocycles. The van der Waals surface area contributed by atoms with E-state index in [0.717, 1.165) is 21.8 Å². The zero-order valence-corrected chi connectivity index (χ0v) is 15.4. The second-order valence-corrected chi connectivity index (χ2v) is 6.48. The van der Waals surface area contributed by atoms with E-state index >= 15 is 0 Å². The molecule has 0 bridgehead atoms. The Balaban J connectivity index is 1.51. The topological polar surface area (TPSA) is 72.9 Å². The Kier molecular flexibility index (Phi) is 5.54. The first-order valence-electron chi connectivity index (χ1n) is 8.78. The Bertz CT molecular complexity index is 836. The van der Waals surface area contributed by atoms with Crippen molar-refractivity contribution in [3.8, 4) is 5.75 Å². The first-order chi connectivity index (χ1) is 12.9. The van der Waals surface area contributed by atoms with Gasteiger partial charge in [0.15, 0.2) is 0 Å². The number of esters is 1. The quantitative estimate of drug-likeness (QED) is 0.445. The molecule has 1 aliphatic rings. The van der Waals surface area contributed by atoms with Gasteiger partial charge < -0.3 is 9.47 Å². The molecule has 2 aromatic rings. The molecule has 2 aromatic carbocycles. The van der Waals surface area contributed by atoms with E-state index in [1.807, 2.05) is 26.0 Å². The van der Waals surface area contributed by atoms with Gasteiger partial charge in [0, 0.05) is 12.8 Å². The molecule has 0 unspecified atom stereocenters. The lowest BCUT2D eigenvalue weighted by Gasteiger charge is -2.14. The third-order valence-electron chi connectivity index (χ3n) is 4.19. The third-order valence-corrected chi connectivity index (χ3v) is 4.19. The van der Waals surface area contributed by atoms with Crippen LogP contribution >= 0.6 is 0 Å². The molecule has 1 fully saturated rings. The average Bonchev–Trinajstić information content (AvgIpc) is 2.96. The van der Waals surface area contributed by atoms with Gasteiger partial charge >= 0.3 is 5.97 Å². The lowest BCUT2D eigenvalue weighted by atomic mass is 10.1. The standard InChI is InChI=1S/C21H21NO5/c1-14-11-15(2)13-18(12-14)26-9-10-27-21(25)16-3-5-17(6-4-16)22-19(23)7-8-20(22)24/h3-6,11-13H,7-10H2,1-2H3. The van der Waals surface area contributed by atoms with Crippen LogP contribution < -0.4 is 9.64 Å². The summed E-state index contributed by atoms with van der Waals surface area (Å²) in [7, 11) is 0. The zero-order chi connectivity index (χ0) is 19.4. The summed E-state index contributed by atoms with van der Waals surface area (Å²) >= 11 is 0. The van der Waals surface area contributed by atoms with E-state index < -0.39 is 5.97 Å². The first-order valence-corrected chi connectivity index (χ1v) is 8.78. The van der Waals surface area contributed by atoms with Gasteiger partial charge in [0.2, 0.25) is 11.8 Å². The number of anilines is 1. The van der Waals surface area contributed by atoms with Crippen LogP contribution in [-0.4, -0.2) is 31.0 Å². The molecule has 0 atom stereocenters. The SMILES string of the molecule is Cc1cc(C)cc(OCCOC(=O)c2ccc(N3C(=O)CCC3=O)cc2)c1. The molecule has 6 nitrogen and oxygen atoms in total. The maximum absolute atomic E-state index is 12.1. The predicted octanol–water partition coefficient (Wildman–Crippen LogP) is 3.19. The summed E-state index contributed by atoms with van der Waals surface area (Å²) in [6, 6.07) is 12.1. The van der Waals surface area contributed by atoms with Crippen LogP contribution in [0.25, 0.3) is 0 Å². The van der Waals surface area contributed by atoms with E-state index in [1.54, 1.807) is 24.3 Å². The van der Waals surface area contributed by atoms with Crippen molar-refractivity contribution in [3.05, 3.63) is 59.2 Å². The minimum absolute atomic E-state index is 0.122. The second-order valence-electron chi connectivity index (χ2n) is 6.48. The minimum atomic E-state index is -0.482. The van der Waals surface area contributed by atoms with E-state index in [1.165, 1.54) is 0 Å². The van der Waals surface area contributed by atoms with Gasteiger partial charge in [-0.25, -0.2) is 4.79 Å². The summed E-state index contributed by atoms with van der Waals surface area (Å²) in [6.45, 7) is 4.36. The van der Waals surface area contributed by atoms with Crippen LogP contribution in [0.2, 0.25) is 0 Å². The molecule has 6 heteroatoms. The summed E-state index contributed by atoms with van der Waals surface area (Å²) in [6.07, 6.45) is 0.451.